The molecule has 1 atom stereocenters. The Morgan fingerprint density at radius 1 is 0.969 bits per heavy atom. The monoisotopic (exact) mass is 440 g/mol. The zero-order chi connectivity index (χ0) is 22.8. The number of aryl methyl sites for hydroxylation is 1. The van der Waals surface area contributed by atoms with Crippen LogP contribution in [0.15, 0.2) is 12.1 Å². The fourth-order valence-corrected chi connectivity index (χ4v) is 4.50. The third kappa shape index (κ3) is 3.94. The Labute approximate surface area is 187 Å². The Kier molecular flexibility index (Phi) is 6.16. The summed E-state index contributed by atoms with van der Waals surface area (Å²) < 4.78 is 16.4. The van der Waals surface area contributed by atoms with Gasteiger partial charge in [-0.3, -0.25) is 9.59 Å². The molecule has 0 radical (unpaired) electrons. The van der Waals surface area contributed by atoms with Gasteiger partial charge in [0.25, 0.3) is 0 Å². The SMILES string of the molecule is COc1cc(C2CC(=O)c3c(C)nc(N4CCN(C=O)CC4)nc3C2)cc(OC)c1OC. The summed E-state index contributed by atoms with van der Waals surface area (Å²) in [5.74, 6) is 2.25. The molecule has 1 unspecified atom stereocenters. The van der Waals surface area contributed by atoms with E-state index in [1.165, 1.54) is 0 Å². The summed E-state index contributed by atoms with van der Waals surface area (Å²) in [4.78, 5) is 37.3. The normalized spacial score (nSPS) is 18.2. The fraction of sp³-hybridized carbons (Fsp3) is 0.478. The molecule has 1 saturated heterocycles. The lowest BCUT2D eigenvalue weighted by Crippen LogP contribution is -2.46. The molecule has 32 heavy (non-hydrogen) atoms. The van der Waals surface area contributed by atoms with Crippen LogP contribution in [0.5, 0.6) is 17.2 Å². The van der Waals surface area contributed by atoms with E-state index in [0.29, 0.717) is 73.5 Å². The highest BCUT2D eigenvalue weighted by atomic mass is 16.5. The number of aromatic nitrogens is 2. The van der Waals surface area contributed by atoms with E-state index < -0.39 is 0 Å². The molecular weight excluding hydrogens is 412 g/mol. The third-order valence-electron chi connectivity index (χ3n) is 6.21. The number of Topliss-reactive ketones (excluding diaryl/α,β-unsaturated/α-hetero) is 1. The van der Waals surface area contributed by atoms with Gasteiger partial charge in [0.15, 0.2) is 17.3 Å². The number of fused-ring (bicyclic) bond motifs is 1. The van der Waals surface area contributed by atoms with Crippen molar-refractivity contribution in [1.82, 2.24) is 14.9 Å². The average molecular weight is 441 g/mol. The summed E-state index contributed by atoms with van der Waals surface area (Å²) in [5.41, 5.74) is 3.04. The van der Waals surface area contributed by atoms with Crippen LogP contribution < -0.4 is 19.1 Å². The summed E-state index contributed by atoms with van der Waals surface area (Å²) in [5, 5.41) is 0. The van der Waals surface area contributed by atoms with E-state index >= 15 is 0 Å². The number of hydrogen-bond donors (Lipinski definition) is 0. The number of ether oxygens (including phenoxy) is 3. The summed E-state index contributed by atoms with van der Waals surface area (Å²) in [7, 11) is 4.72. The zero-order valence-corrected chi connectivity index (χ0v) is 18.9. The summed E-state index contributed by atoms with van der Waals surface area (Å²) in [6, 6.07) is 3.80. The molecule has 9 heteroatoms. The minimum atomic E-state index is -0.0576. The quantitative estimate of drug-likeness (QED) is 0.630. The standard InChI is InChI=1S/C23H28N4O5/c1-14-21-17(25-23(24-14)27-7-5-26(13-28)6-8-27)9-15(10-18(21)29)16-11-19(30-2)22(32-4)20(12-16)31-3/h11-13,15H,5-10H2,1-4H3. The second-order valence-corrected chi connectivity index (χ2v) is 8.05. The lowest BCUT2D eigenvalue weighted by atomic mass is 9.81. The molecule has 9 nitrogen and oxygen atoms in total. The van der Waals surface area contributed by atoms with Crippen LogP contribution in [0, 0.1) is 6.92 Å². The lowest BCUT2D eigenvalue weighted by Gasteiger charge is -2.33. The van der Waals surface area contributed by atoms with Crippen molar-refractivity contribution in [2.45, 2.75) is 25.7 Å². The van der Waals surface area contributed by atoms with Crippen LogP contribution in [0.4, 0.5) is 5.95 Å². The van der Waals surface area contributed by atoms with Crippen molar-refractivity contribution >= 4 is 18.1 Å². The summed E-state index contributed by atoms with van der Waals surface area (Å²) in [6.07, 6.45) is 1.86. The number of amides is 1. The second kappa shape index (κ2) is 9.02. The Morgan fingerprint density at radius 3 is 2.19 bits per heavy atom. The van der Waals surface area contributed by atoms with E-state index in [4.69, 9.17) is 19.2 Å². The number of benzene rings is 1. The molecule has 2 heterocycles. The van der Waals surface area contributed by atoms with E-state index in [-0.39, 0.29) is 11.7 Å². The number of carbonyl (C=O) groups excluding carboxylic acids is 2. The number of rotatable bonds is 6. The van der Waals surface area contributed by atoms with Crippen LogP contribution in [0.3, 0.4) is 0 Å². The maximum atomic E-state index is 13.1. The van der Waals surface area contributed by atoms with Gasteiger partial charge in [-0.15, -0.1) is 0 Å². The summed E-state index contributed by atoms with van der Waals surface area (Å²) >= 11 is 0. The third-order valence-corrected chi connectivity index (χ3v) is 6.21. The molecule has 4 rings (SSSR count). The van der Waals surface area contributed by atoms with Gasteiger partial charge in [0, 0.05) is 32.6 Å². The molecule has 1 amide bonds. The molecule has 0 saturated carbocycles. The van der Waals surface area contributed by atoms with Gasteiger partial charge in [-0.1, -0.05) is 0 Å². The number of anilines is 1. The average Bonchev–Trinajstić information content (AvgIpc) is 2.82. The van der Waals surface area contributed by atoms with E-state index in [2.05, 4.69) is 9.88 Å². The van der Waals surface area contributed by atoms with Gasteiger partial charge in [-0.05, 0) is 37.0 Å². The van der Waals surface area contributed by atoms with Crippen molar-refractivity contribution in [2.75, 3.05) is 52.4 Å². The highest BCUT2D eigenvalue weighted by Gasteiger charge is 2.32. The maximum absolute atomic E-state index is 13.1. The minimum Gasteiger partial charge on any atom is -0.493 e. The van der Waals surface area contributed by atoms with Crippen molar-refractivity contribution in [2.24, 2.45) is 0 Å². The molecule has 1 aliphatic carbocycles. The van der Waals surface area contributed by atoms with Crippen LogP contribution in [-0.2, 0) is 11.2 Å². The van der Waals surface area contributed by atoms with E-state index in [1.54, 1.807) is 26.2 Å². The van der Waals surface area contributed by atoms with Gasteiger partial charge >= 0.3 is 0 Å². The van der Waals surface area contributed by atoms with Gasteiger partial charge in [0.05, 0.1) is 38.3 Å². The van der Waals surface area contributed by atoms with Crippen LogP contribution >= 0.6 is 0 Å². The first-order valence-corrected chi connectivity index (χ1v) is 10.6. The summed E-state index contributed by atoms with van der Waals surface area (Å²) in [6.45, 7) is 4.47. The molecule has 1 aliphatic heterocycles. The number of piperazine rings is 1. The number of nitrogens with zero attached hydrogens (tertiary/aromatic N) is 4. The Balaban J connectivity index is 1.66. The van der Waals surface area contributed by atoms with Crippen molar-refractivity contribution in [3.8, 4) is 17.2 Å². The lowest BCUT2D eigenvalue weighted by molar-refractivity contribution is -0.118. The van der Waals surface area contributed by atoms with Crippen molar-refractivity contribution in [3.63, 3.8) is 0 Å². The van der Waals surface area contributed by atoms with Crippen LogP contribution in [0.1, 0.15) is 39.6 Å². The predicted molar refractivity (Wildman–Crippen MR) is 118 cm³/mol. The van der Waals surface area contributed by atoms with Gasteiger partial charge in [-0.25, -0.2) is 9.97 Å². The molecular formula is C23H28N4O5. The van der Waals surface area contributed by atoms with Gasteiger partial charge in [-0.2, -0.15) is 0 Å². The smallest absolute Gasteiger partial charge is 0.225 e. The topological polar surface area (TPSA) is 94.1 Å². The minimum absolute atomic E-state index is 0.0415. The first kappa shape index (κ1) is 21.9. The first-order chi connectivity index (χ1) is 15.5. The first-order valence-electron chi connectivity index (χ1n) is 10.6. The zero-order valence-electron chi connectivity index (χ0n) is 18.9. The van der Waals surface area contributed by atoms with Gasteiger partial charge in [0.2, 0.25) is 18.1 Å². The second-order valence-electron chi connectivity index (χ2n) is 8.05. The largest absolute Gasteiger partial charge is 0.493 e. The highest BCUT2D eigenvalue weighted by Crippen LogP contribution is 2.43. The Hall–Kier alpha value is -3.36. The predicted octanol–water partition coefficient (Wildman–Crippen LogP) is 2.00. The molecule has 2 aliphatic rings. The maximum Gasteiger partial charge on any atom is 0.225 e. The number of carbonyl (C=O) groups is 2. The molecule has 170 valence electrons. The Bertz CT molecular complexity index is 1010. The van der Waals surface area contributed by atoms with E-state index in [0.717, 1.165) is 17.7 Å². The van der Waals surface area contributed by atoms with Crippen molar-refractivity contribution in [1.29, 1.82) is 0 Å². The van der Waals surface area contributed by atoms with Gasteiger partial charge in [0.1, 0.15) is 0 Å². The highest BCUT2D eigenvalue weighted by molar-refractivity contribution is 5.99. The number of ketones is 1. The molecule has 1 fully saturated rings. The van der Waals surface area contributed by atoms with Crippen LogP contribution in [0.25, 0.3) is 0 Å². The van der Waals surface area contributed by atoms with E-state index in [9.17, 15) is 9.59 Å². The number of methoxy groups -OCH3 is 3. The van der Waals surface area contributed by atoms with Gasteiger partial charge < -0.3 is 24.0 Å². The molecule has 1 aromatic carbocycles. The molecule has 1 aromatic heterocycles. The van der Waals surface area contributed by atoms with Crippen LogP contribution in [0.2, 0.25) is 0 Å². The molecule has 0 spiro atoms. The Morgan fingerprint density at radius 2 is 1.62 bits per heavy atom. The number of hydrogen-bond acceptors (Lipinski definition) is 8. The molecule has 0 N–H and O–H groups in total. The van der Waals surface area contributed by atoms with Crippen molar-refractivity contribution < 1.29 is 23.8 Å². The molecule has 2 aromatic rings. The van der Waals surface area contributed by atoms with Crippen molar-refractivity contribution in [3.05, 3.63) is 34.6 Å². The molecule has 0 bridgehead atoms. The fourth-order valence-electron chi connectivity index (χ4n) is 4.50. The van der Waals surface area contributed by atoms with E-state index in [1.807, 2.05) is 19.1 Å². The van der Waals surface area contributed by atoms with Crippen LogP contribution in [-0.4, -0.2) is 74.6 Å².